The van der Waals surface area contributed by atoms with Gasteiger partial charge in [0, 0.05) is 22.5 Å². The highest BCUT2D eigenvalue weighted by atomic mass is 35.5. The first-order valence-electron chi connectivity index (χ1n) is 7.40. The highest BCUT2D eigenvalue weighted by Gasteiger charge is 2.16. The molecule has 25 heavy (non-hydrogen) atoms. The molecule has 3 aromatic rings. The molecule has 0 aliphatic rings. The largest absolute Gasteiger partial charge is 0.340 e. The smallest absolute Gasteiger partial charge is 0.233 e. The Kier molecular flexibility index (Phi) is 5.62. The fourth-order valence-electron chi connectivity index (χ4n) is 2.16. The Morgan fingerprint density at radius 2 is 2.20 bits per heavy atom. The van der Waals surface area contributed by atoms with E-state index in [1.807, 2.05) is 29.6 Å². The standard InChI is InChI=1S/C16H16ClN5OS2/c1-21(9-13-6-3-7-24-13)14(23)10-25-16-20-19-15(22(16)18)11-4-2-5-12(17)8-11/h2-8H,9-10,18H2,1H3. The molecule has 0 atom stereocenters. The van der Waals surface area contributed by atoms with Crippen LogP contribution in [0.4, 0.5) is 0 Å². The topological polar surface area (TPSA) is 77.0 Å². The summed E-state index contributed by atoms with van der Waals surface area (Å²) in [6, 6.07) is 11.2. The summed E-state index contributed by atoms with van der Waals surface area (Å²) in [7, 11) is 1.78. The van der Waals surface area contributed by atoms with Crippen LogP contribution in [0, 0.1) is 0 Å². The number of rotatable bonds is 6. The van der Waals surface area contributed by atoms with Gasteiger partial charge >= 0.3 is 0 Å². The Hall–Kier alpha value is -2.03. The molecule has 2 aromatic heterocycles. The van der Waals surface area contributed by atoms with Gasteiger partial charge in [-0.1, -0.05) is 41.6 Å². The lowest BCUT2D eigenvalue weighted by atomic mass is 10.2. The van der Waals surface area contributed by atoms with Crippen LogP contribution in [0.25, 0.3) is 11.4 Å². The van der Waals surface area contributed by atoms with E-state index < -0.39 is 0 Å². The second kappa shape index (κ2) is 7.90. The first-order valence-corrected chi connectivity index (χ1v) is 9.64. The molecular formula is C16H16ClN5OS2. The molecule has 0 bridgehead atoms. The van der Waals surface area contributed by atoms with Gasteiger partial charge in [-0.25, -0.2) is 4.68 Å². The minimum Gasteiger partial charge on any atom is -0.340 e. The number of aromatic nitrogens is 3. The zero-order chi connectivity index (χ0) is 17.8. The summed E-state index contributed by atoms with van der Waals surface area (Å²) in [5, 5.41) is 11.2. The first-order chi connectivity index (χ1) is 12.0. The van der Waals surface area contributed by atoms with Gasteiger partial charge in [-0.15, -0.1) is 21.5 Å². The quantitative estimate of drug-likeness (QED) is 0.514. The van der Waals surface area contributed by atoms with E-state index in [4.69, 9.17) is 17.4 Å². The van der Waals surface area contributed by atoms with Crippen molar-refractivity contribution in [3.63, 3.8) is 0 Å². The molecule has 130 valence electrons. The number of carbonyl (C=O) groups excluding carboxylic acids is 1. The number of nitrogens with zero attached hydrogens (tertiary/aromatic N) is 4. The Morgan fingerprint density at radius 3 is 2.92 bits per heavy atom. The molecule has 0 aliphatic heterocycles. The molecular weight excluding hydrogens is 378 g/mol. The van der Waals surface area contributed by atoms with E-state index in [-0.39, 0.29) is 11.7 Å². The predicted molar refractivity (Wildman–Crippen MR) is 102 cm³/mol. The maximum Gasteiger partial charge on any atom is 0.233 e. The van der Waals surface area contributed by atoms with E-state index >= 15 is 0 Å². The van der Waals surface area contributed by atoms with E-state index in [0.29, 0.717) is 22.5 Å². The number of nitrogen functional groups attached to an aromatic ring is 1. The molecule has 0 saturated heterocycles. The summed E-state index contributed by atoms with van der Waals surface area (Å²) in [4.78, 5) is 15.1. The minimum atomic E-state index is 0.00528. The Bertz CT molecular complexity index is 865. The number of halogens is 1. The van der Waals surface area contributed by atoms with Crippen molar-refractivity contribution in [2.75, 3.05) is 18.6 Å². The number of thioether (sulfide) groups is 1. The number of nitrogens with two attached hydrogens (primary N) is 1. The van der Waals surface area contributed by atoms with Crippen molar-refractivity contribution in [3.8, 4) is 11.4 Å². The second-order valence-electron chi connectivity index (χ2n) is 5.30. The molecule has 0 unspecified atom stereocenters. The third-order valence-electron chi connectivity index (χ3n) is 3.47. The van der Waals surface area contributed by atoms with E-state index in [1.54, 1.807) is 35.4 Å². The molecule has 2 N–H and O–H groups in total. The molecule has 0 saturated carbocycles. The fraction of sp³-hybridized carbons (Fsp3) is 0.188. The number of hydrogen-bond donors (Lipinski definition) is 1. The lowest BCUT2D eigenvalue weighted by Crippen LogP contribution is -2.27. The molecule has 0 fully saturated rings. The van der Waals surface area contributed by atoms with Gasteiger partial charge in [-0.3, -0.25) is 4.79 Å². The van der Waals surface area contributed by atoms with Crippen LogP contribution >= 0.6 is 34.7 Å². The van der Waals surface area contributed by atoms with Gasteiger partial charge in [0.1, 0.15) is 0 Å². The van der Waals surface area contributed by atoms with Crippen molar-refractivity contribution in [2.24, 2.45) is 0 Å². The minimum absolute atomic E-state index is 0.00528. The Labute approximate surface area is 158 Å². The third kappa shape index (κ3) is 4.33. The van der Waals surface area contributed by atoms with E-state index in [1.165, 1.54) is 16.4 Å². The zero-order valence-corrected chi connectivity index (χ0v) is 15.8. The summed E-state index contributed by atoms with van der Waals surface area (Å²) in [6.07, 6.45) is 0. The first kappa shape index (κ1) is 17.8. The number of carbonyl (C=O) groups is 1. The van der Waals surface area contributed by atoms with E-state index in [2.05, 4.69) is 10.2 Å². The average molecular weight is 394 g/mol. The van der Waals surface area contributed by atoms with E-state index in [9.17, 15) is 4.79 Å². The monoisotopic (exact) mass is 393 g/mol. The normalized spacial score (nSPS) is 10.8. The maximum atomic E-state index is 12.3. The zero-order valence-electron chi connectivity index (χ0n) is 13.4. The van der Waals surface area contributed by atoms with Crippen molar-refractivity contribution in [1.82, 2.24) is 19.8 Å². The molecule has 3 rings (SSSR count). The van der Waals surface area contributed by atoms with Gasteiger partial charge in [0.2, 0.25) is 11.1 Å². The van der Waals surface area contributed by atoms with Crippen LogP contribution in [0.15, 0.2) is 46.9 Å². The van der Waals surface area contributed by atoms with Crippen LogP contribution in [0.1, 0.15) is 4.88 Å². The van der Waals surface area contributed by atoms with Crippen molar-refractivity contribution in [3.05, 3.63) is 51.7 Å². The van der Waals surface area contributed by atoms with Gasteiger partial charge in [-0.05, 0) is 23.6 Å². The summed E-state index contributed by atoms with van der Waals surface area (Å²) in [5.41, 5.74) is 0.774. The van der Waals surface area contributed by atoms with Gasteiger partial charge in [0.25, 0.3) is 0 Å². The third-order valence-corrected chi connectivity index (χ3v) is 5.50. The van der Waals surface area contributed by atoms with Crippen LogP contribution < -0.4 is 5.84 Å². The fourth-order valence-corrected chi connectivity index (χ4v) is 3.91. The highest BCUT2D eigenvalue weighted by Crippen LogP contribution is 2.24. The molecule has 2 heterocycles. The molecule has 0 spiro atoms. The van der Waals surface area contributed by atoms with Crippen molar-refractivity contribution in [2.45, 2.75) is 11.7 Å². The predicted octanol–water partition coefficient (Wildman–Crippen LogP) is 3.12. The maximum absolute atomic E-state index is 12.3. The number of benzene rings is 1. The molecule has 0 aliphatic carbocycles. The Balaban J connectivity index is 1.63. The van der Waals surface area contributed by atoms with Gasteiger partial charge in [-0.2, -0.15) is 0 Å². The molecule has 0 radical (unpaired) electrons. The number of amides is 1. The molecule has 9 heteroatoms. The Morgan fingerprint density at radius 1 is 1.36 bits per heavy atom. The van der Waals surface area contributed by atoms with Crippen molar-refractivity contribution < 1.29 is 4.79 Å². The van der Waals surface area contributed by atoms with E-state index in [0.717, 1.165) is 10.4 Å². The lowest BCUT2D eigenvalue weighted by molar-refractivity contribution is -0.127. The van der Waals surface area contributed by atoms with Crippen LogP contribution in [0.5, 0.6) is 0 Å². The van der Waals surface area contributed by atoms with Crippen molar-refractivity contribution in [1.29, 1.82) is 0 Å². The van der Waals surface area contributed by atoms with Crippen LogP contribution in [0.2, 0.25) is 5.02 Å². The molecule has 1 amide bonds. The summed E-state index contributed by atoms with van der Waals surface area (Å²) in [6.45, 7) is 0.597. The van der Waals surface area contributed by atoms with Crippen molar-refractivity contribution >= 4 is 40.6 Å². The summed E-state index contributed by atoms with van der Waals surface area (Å²) < 4.78 is 1.38. The SMILES string of the molecule is CN(Cc1cccs1)C(=O)CSc1nnc(-c2cccc(Cl)c2)n1N. The summed E-state index contributed by atoms with van der Waals surface area (Å²) in [5.74, 6) is 6.81. The number of thiophene rings is 1. The average Bonchev–Trinajstić information content (AvgIpc) is 3.22. The van der Waals surface area contributed by atoms with Crippen LogP contribution in [0.3, 0.4) is 0 Å². The lowest BCUT2D eigenvalue weighted by Gasteiger charge is -2.15. The van der Waals surface area contributed by atoms with Gasteiger partial charge in [0.05, 0.1) is 12.3 Å². The van der Waals surface area contributed by atoms with Gasteiger partial charge in [0.15, 0.2) is 5.82 Å². The number of hydrogen-bond acceptors (Lipinski definition) is 6. The van der Waals surface area contributed by atoms with Gasteiger partial charge < -0.3 is 10.7 Å². The van der Waals surface area contributed by atoms with Crippen LogP contribution in [-0.4, -0.2) is 38.5 Å². The highest BCUT2D eigenvalue weighted by molar-refractivity contribution is 7.99. The molecule has 6 nitrogen and oxygen atoms in total. The second-order valence-corrected chi connectivity index (χ2v) is 7.72. The van der Waals surface area contributed by atoms with Crippen LogP contribution in [-0.2, 0) is 11.3 Å². The molecule has 1 aromatic carbocycles. The summed E-state index contributed by atoms with van der Waals surface area (Å²) >= 11 is 8.89.